The predicted octanol–water partition coefficient (Wildman–Crippen LogP) is 4.49. The van der Waals surface area contributed by atoms with Crippen molar-refractivity contribution in [1.29, 1.82) is 0 Å². The van der Waals surface area contributed by atoms with Crippen molar-refractivity contribution >= 4 is 5.91 Å². The third-order valence-electron chi connectivity index (χ3n) is 5.55. The number of rotatable bonds is 5. The third-order valence-corrected chi connectivity index (χ3v) is 5.55. The van der Waals surface area contributed by atoms with Gasteiger partial charge in [0.25, 0.3) is 5.91 Å². The molecule has 0 spiro atoms. The summed E-state index contributed by atoms with van der Waals surface area (Å²) < 4.78 is 34.0. The molecule has 0 saturated carbocycles. The van der Waals surface area contributed by atoms with Gasteiger partial charge in [0, 0.05) is 49.6 Å². The molecule has 4 rings (SSSR count). The van der Waals surface area contributed by atoms with Crippen LogP contribution in [0.2, 0.25) is 0 Å². The van der Waals surface area contributed by atoms with Crippen LogP contribution in [0.25, 0.3) is 11.3 Å². The summed E-state index contributed by atoms with van der Waals surface area (Å²) in [4.78, 5) is 19.0. The molecule has 8 heteroatoms. The first-order chi connectivity index (χ1) is 14.4. The van der Waals surface area contributed by atoms with Crippen molar-refractivity contribution in [2.45, 2.75) is 39.2 Å². The maximum absolute atomic E-state index is 13.4. The normalized spacial score (nSPS) is 15.2. The molecule has 30 heavy (non-hydrogen) atoms. The Morgan fingerprint density at radius 1 is 1.20 bits per heavy atom. The van der Waals surface area contributed by atoms with Gasteiger partial charge in [-0.1, -0.05) is 19.0 Å². The second-order valence-electron chi connectivity index (χ2n) is 8.03. The van der Waals surface area contributed by atoms with E-state index in [0.29, 0.717) is 30.5 Å². The first-order valence-corrected chi connectivity index (χ1v) is 10.1. The van der Waals surface area contributed by atoms with Crippen LogP contribution >= 0.6 is 0 Å². The number of carbonyl (C=O) groups excluding carboxylic acids is 1. The zero-order chi connectivity index (χ0) is 21.3. The number of aromatic nitrogens is 3. The van der Waals surface area contributed by atoms with Gasteiger partial charge in [-0.2, -0.15) is 0 Å². The van der Waals surface area contributed by atoms with Crippen molar-refractivity contribution in [1.82, 2.24) is 19.6 Å². The van der Waals surface area contributed by atoms with E-state index in [9.17, 15) is 13.6 Å². The Balaban J connectivity index is 1.37. The van der Waals surface area contributed by atoms with Crippen molar-refractivity contribution in [3.8, 4) is 11.3 Å². The molecule has 1 aromatic carbocycles. The van der Waals surface area contributed by atoms with Gasteiger partial charge in [0.15, 0.2) is 23.1 Å². The average molecular weight is 414 g/mol. The van der Waals surface area contributed by atoms with Crippen LogP contribution in [0.5, 0.6) is 0 Å². The molecule has 1 fully saturated rings. The first-order valence-electron chi connectivity index (χ1n) is 10.1. The SMILES string of the molecule is CC(C)c1nccn1CC1CCN(C(=O)c2cc(-c3ccc(F)c(F)c3)on2)CC1. The smallest absolute Gasteiger partial charge is 0.276 e. The highest BCUT2D eigenvalue weighted by Crippen LogP contribution is 2.25. The summed E-state index contributed by atoms with van der Waals surface area (Å²) in [6, 6.07) is 4.91. The molecule has 0 atom stereocenters. The Bertz CT molecular complexity index is 1040. The number of halogens is 2. The van der Waals surface area contributed by atoms with Crippen molar-refractivity contribution in [3.05, 3.63) is 59.8 Å². The molecular formula is C22H24F2N4O2. The quantitative estimate of drug-likeness (QED) is 0.617. The minimum atomic E-state index is -0.975. The topological polar surface area (TPSA) is 64.2 Å². The molecule has 0 aliphatic carbocycles. The molecule has 0 radical (unpaired) electrons. The highest BCUT2D eigenvalue weighted by Gasteiger charge is 2.26. The highest BCUT2D eigenvalue weighted by molar-refractivity contribution is 5.93. The molecular weight excluding hydrogens is 390 g/mol. The minimum Gasteiger partial charge on any atom is -0.355 e. The van der Waals surface area contributed by atoms with Gasteiger partial charge in [0.05, 0.1) is 0 Å². The molecule has 3 aromatic rings. The Labute approximate surface area is 173 Å². The standard InChI is InChI=1S/C22H24F2N4O2/c1-14(2)21-25-7-10-28(21)13-15-5-8-27(9-6-15)22(29)19-12-20(30-26-19)16-3-4-17(23)18(24)11-16/h3-4,7,10-12,14-15H,5-6,8-9,13H2,1-2H3. The lowest BCUT2D eigenvalue weighted by Crippen LogP contribution is -2.39. The third kappa shape index (κ3) is 4.13. The van der Waals surface area contributed by atoms with Crippen LogP contribution in [0.1, 0.15) is 48.9 Å². The lowest BCUT2D eigenvalue weighted by Gasteiger charge is -2.32. The number of amides is 1. The van der Waals surface area contributed by atoms with Gasteiger partial charge in [0.1, 0.15) is 5.82 Å². The van der Waals surface area contributed by atoms with E-state index < -0.39 is 11.6 Å². The Kier molecular flexibility index (Phi) is 5.65. The lowest BCUT2D eigenvalue weighted by atomic mass is 9.96. The summed E-state index contributed by atoms with van der Waals surface area (Å²) in [5, 5.41) is 3.84. The van der Waals surface area contributed by atoms with Crippen molar-refractivity contribution < 1.29 is 18.1 Å². The molecule has 3 heterocycles. The fourth-order valence-corrected chi connectivity index (χ4v) is 3.90. The van der Waals surface area contributed by atoms with Crippen molar-refractivity contribution in [2.75, 3.05) is 13.1 Å². The number of benzene rings is 1. The number of carbonyl (C=O) groups is 1. The summed E-state index contributed by atoms with van der Waals surface area (Å²) in [6.45, 7) is 6.45. The van der Waals surface area contributed by atoms with Gasteiger partial charge < -0.3 is 14.0 Å². The van der Waals surface area contributed by atoms with Crippen LogP contribution in [0.4, 0.5) is 8.78 Å². The van der Waals surface area contributed by atoms with E-state index in [1.54, 1.807) is 4.90 Å². The molecule has 1 aliphatic rings. The molecule has 0 bridgehead atoms. The van der Waals surface area contributed by atoms with Crippen LogP contribution < -0.4 is 0 Å². The largest absolute Gasteiger partial charge is 0.355 e. The fourth-order valence-electron chi connectivity index (χ4n) is 3.90. The van der Waals surface area contributed by atoms with Crippen molar-refractivity contribution in [3.63, 3.8) is 0 Å². The summed E-state index contributed by atoms with van der Waals surface area (Å²) in [5.41, 5.74) is 0.505. The number of hydrogen-bond donors (Lipinski definition) is 0. The molecule has 158 valence electrons. The fraction of sp³-hybridized carbons (Fsp3) is 0.409. The maximum Gasteiger partial charge on any atom is 0.276 e. The zero-order valence-corrected chi connectivity index (χ0v) is 17.0. The molecule has 2 aromatic heterocycles. The number of imidazole rings is 1. The van der Waals surface area contributed by atoms with E-state index in [0.717, 1.165) is 37.3 Å². The van der Waals surface area contributed by atoms with Gasteiger partial charge in [0.2, 0.25) is 0 Å². The average Bonchev–Trinajstić information content (AvgIpc) is 3.40. The second kappa shape index (κ2) is 8.38. The Morgan fingerprint density at radius 3 is 2.67 bits per heavy atom. The lowest BCUT2D eigenvalue weighted by molar-refractivity contribution is 0.0672. The van der Waals surface area contributed by atoms with Crippen LogP contribution in [0.15, 0.2) is 41.2 Å². The molecule has 1 saturated heterocycles. The van der Waals surface area contributed by atoms with Gasteiger partial charge in [-0.05, 0) is 37.0 Å². The predicted molar refractivity (Wildman–Crippen MR) is 107 cm³/mol. The minimum absolute atomic E-state index is 0.171. The van der Waals surface area contributed by atoms with Crippen LogP contribution in [0, 0.1) is 17.6 Å². The summed E-state index contributed by atoms with van der Waals surface area (Å²) in [7, 11) is 0. The molecule has 1 amide bonds. The Morgan fingerprint density at radius 2 is 1.97 bits per heavy atom. The summed E-state index contributed by atoms with van der Waals surface area (Å²) in [6.07, 6.45) is 5.65. The molecule has 1 aliphatic heterocycles. The second-order valence-corrected chi connectivity index (χ2v) is 8.03. The highest BCUT2D eigenvalue weighted by atomic mass is 19.2. The zero-order valence-electron chi connectivity index (χ0n) is 17.0. The van der Waals surface area contributed by atoms with Gasteiger partial charge in [-0.25, -0.2) is 13.8 Å². The van der Waals surface area contributed by atoms with Crippen LogP contribution in [0.3, 0.4) is 0 Å². The van der Waals surface area contributed by atoms with Gasteiger partial charge in [-0.3, -0.25) is 4.79 Å². The van der Waals surface area contributed by atoms with E-state index in [2.05, 4.69) is 28.6 Å². The number of likely N-dealkylation sites (tertiary alicyclic amines) is 1. The number of hydrogen-bond acceptors (Lipinski definition) is 4. The summed E-state index contributed by atoms with van der Waals surface area (Å²) in [5.74, 6) is 0.0466. The molecule has 0 N–H and O–H groups in total. The van der Waals surface area contributed by atoms with Gasteiger partial charge in [-0.15, -0.1) is 0 Å². The van der Waals surface area contributed by atoms with Gasteiger partial charge >= 0.3 is 0 Å². The van der Waals surface area contributed by atoms with Crippen molar-refractivity contribution in [2.24, 2.45) is 5.92 Å². The van der Waals surface area contributed by atoms with E-state index in [-0.39, 0.29) is 17.4 Å². The van der Waals surface area contributed by atoms with E-state index in [1.165, 1.54) is 12.1 Å². The first kappa shape index (κ1) is 20.3. The number of nitrogens with zero attached hydrogens (tertiary/aromatic N) is 4. The molecule has 0 unspecified atom stereocenters. The van der Waals surface area contributed by atoms with E-state index in [4.69, 9.17) is 4.52 Å². The monoisotopic (exact) mass is 414 g/mol. The van der Waals surface area contributed by atoms with Crippen LogP contribution in [-0.2, 0) is 6.54 Å². The maximum atomic E-state index is 13.4. The van der Waals surface area contributed by atoms with E-state index in [1.807, 2.05) is 12.4 Å². The van der Waals surface area contributed by atoms with E-state index >= 15 is 0 Å². The van der Waals surface area contributed by atoms with Crippen LogP contribution in [-0.4, -0.2) is 38.6 Å². The molecule has 6 nitrogen and oxygen atoms in total. The summed E-state index contributed by atoms with van der Waals surface area (Å²) >= 11 is 0. The number of piperidine rings is 1. The Hall–Kier alpha value is -3.03.